The molecule has 4 nitrogen and oxygen atoms in total. The lowest BCUT2D eigenvalue weighted by Gasteiger charge is -2.13. The first-order valence-electron chi connectivity index (χ1n) is 6.38. The van der Waals surface area contributed by atoms with Gasteiger partial charge in [0.2, 0.25) is 0 Å². The molecule has 104 valence electrons. The zero-order valence-corrected chi connectivity index (χ0v) is 10.6. The highest BCUT2D eigenvalue weighted by molar-refractivity contribution is 5.93. The molecule has 0 spiro atoms. The van der Waals surface area contributed by atoms with E-state index >= 15 is 0 Å². The van der Waals surface area contributed by atoms with Gasteiger partial charge in [-0.1, -0.05) is 0 Å². The largest absolute Gasteiger partial charge is 0.334 e. The van der Waals surface area contributed by atoms with Gasteiger partial charge >= 0.3 is 0 Å². The number of hydrogen-bond donors (Lipinski definition) is 1. The number of rotatable bonds is 2. The summed E-state index contributed by atoms with van der Waals surface area (Å²) in [7, 11) is 0. The zero-order chi connectivity index (χ0) is 14.1. The first-order chi connectivity index (χ1) is 9.63. The van der Waals surface area contributed by atoms with Crippen molar-refractivity contribution < 1.29 is 13.6 Å². The number of likely N-dealkylation sites (tertiary alicyclic amines) is 1. The van der Waals surface area contributed by atoms with Crippen molar-refractivity contribution in [1.29, 1.82) is 0 Å². The third-order valence-electron chi connectivity index (χ3n) is 3.37. The maximum atomic E-state index is 13.1. The van der Waals surface area contributed by atoms with Crippen LogP contribution in [0.3, 0.4) is 0 Å². The van der Waals surface area contributed by atoms with Crippen LogP contribution < -0.4 is 0 Å². The molecule has 1 aliphatic rings. The lowest BCUT2D eigenvalue weighted by Crippen LogP contribution is -2.29. The topological polar surface area (TPSA) is 49.0 Å². The molecule has 3 rings (SSSR count). The fraction of sp³-hybridized carbons (Fsp3) is 0.286. The van der Waals surface area contributed by atoms with E-state index in [9.17, 15) is 13.6 Å². The van der Waals surface area contributed by atoms with Crippen LogP contribution in [0, 0.1) is 5.82 Å². The Labute approximate surface area is 114 Å². The van der Waals surface area contributed by atoms with Crippen molar-refractivity contribution in [3.8, 4) is 11.3 Å². The van der Waals surface area contributed by atoms with Crippen molar-refractivity contribution in [1.82, 2.24) is 15.1 Å². The number of nitrogens with zero attached hydrogens (tertiary/aromatic N) is 2. The number of benzene rings is 1. The molecule has 20 heavy (non-hydrogen) atoms. The van der Waals surface area contributed by atoms with Crippen molar-refractivity contribution >= 4 is 5.91 Å². The highest BCUT2D eigenvalue weighted by Gasteiger charge is 2.27. The predicted octanol–water partition coefficient (Wildman–Crippen LogP) is 2.40. The normalized spacial score (nSPS) is 18.5. The van der Waals surface area contributed by atoms with Crippen LogP contribution in [0.4, 0.5) is 8.78 Å². The molecule has 1 saturated heterocycles. The van der Waals surface area contributed by atoms with Gasteiger partial charge in [0.05, 0.1) is 12.2 Å². The molecule has 1 unspecified atom stereocenters. The van der Waals surface area contributed by atoms with Crippen molar-refractivity contribution in [2.24, 2.45) is 0 Å². The molecule has 0 saturated carbocycles. The van der Waals surface area contributed by atoms with E-state index in [0.29, 0.717) is 29.9 Å². The SMILES string of the molecule is O=C(c1cc(-c2ccc(F)cc2)n[nH]1)N1CCC(F)C1. The second-order valence-corrected chi connectivity index (χ2v) is 4.81. The number of carbonyl (C=O) groups excluding carboxylic acids is 1. The Kier molecular flexibility index (Phi) is 3.22. The monoisotopic (exact) mass is 277 g/mol. The molecule has 1 N–H and O–H groups in total. The maximum Gasteiger partial charge on any atom is 0.271 e. The highest BCUT2D eigenvalue weighted by Crippen LogP contribution is 2.20. The Morgan fingerprint density at radius 1 is 1.35 bits per heavy atom. The minimum atomic E-state index is -0.946. The van der Waals surface area contributed by atoms with Crippen molar-refractivity contribution in [3.05, 3.63) is 41.8 Å². The van der Waals surface area contributed by atoms with E-state index in [1.807, 2.05) is 0 Å². The van der Waals surface area contributed by atoms with Crippen molar-refractivity contribution in [2.45, 2.75) is 12.6 Å². The second-order valence-electron chi connectivity index (χ2n) is 4.81. The van der Waals surface area contributed by atoms with E-state index in [1.165, 1.54) is 17.0 Å². The molecule has 2 aromatic rings. The summed E-state index contributed by atoms with van der Waals surface area (Å²) in [5.74, 6) is -0.586. The van der Waals surface area contributed by atoms with E-state index in [0.717, 1.165) is 0 Å². The number of halogens is 2. The molecular weight excluding hydrogens is 264 g/mol. The number of nitrogens with one attached hydrogen (secondary N) is 1. The summed E-state index contributed by atoms with van der Waals surface area (Å²) >= 11 is 0. The van der Waals surface area contributed by atoms with Gasteiger partial charge in [-0.25, -0.2) is 8.78 Å². The lowest BCUT2D eigenvalue weighted by molar-refractivity contribution is 0.0777. The van der Waals surface area contributed by atoms with Gasteiger partial charge in [0.15, 0.2) is 0 Å². The van der Waals surface area contributed by atoms with Gasteiger partial charge in [0.25, 0.3) is 5.91 Å². The Hall–Kier alpha value is -2.24. The van der Waals surface area contributed by atoms with E-state index in [1.54, 1.807) is 18.2 Å². The molecule has 6 heteroatoms. The third-order valence-corrected chi connectivity index (χ3v) is 3.37. The molecule has 0 bridgehead atoms. The predicted molar refractivity (Wildman–Crippen MR) is 69.4 cm³/mol. The van der Waals surface area contributed by atoms with Crippen molar-refractivity contribution in [2.75, 3.05) is 13.1 Å². The number of aromatic amines is 1. The summed E-state index contributed by atoms with van der Waals surface area (Å²) in [6.45, 7) is 0.550. The van der Waals surface area contributed by atoms with Crippen LogP contribution in [0.25, 0.3) is 11.3 Å². The molecule has 1 atom stereocenters. The second kappa shape index (κ2) is 5.03. The Balaban J connectivity index is 1.79. The minimum Gasteiger partial charge on any atom is -0.334 e. The number of aromatic nitrogens is 2. The van der Waals surface area contributed by atoms with E-state index in [4.69, 9.17) is 0 Å². The minimum absolute atomic E-state index is 0.129. The number of H-pyrrole nitrogens is 1. The quantitative estimate of drug-likeness (QED) is 0.916. The van der Waals surface area contributed by atoms with Gasteiger partial charge in [-0.2, -0.15) is 5.10 Å². The number of amides is 1. The fourth-order valence-electron chi connectivity index (χ4n) is 2.27. The highest BCUT2D eigenvalue weighted by atomic mass is 19.1. The van der Waals surface area contributed by atoms with Crippen LogP contribution in [-0.2, 0) is 0 Å². The summed E-state index contributed by atoms with van der Waals surface area (Å²) in [5.41, 5.74) is 1.59. The average Bonchev–Trinajstić information content (AvgIpc) is 3.08. The number of carbonyl (C=O) groups is 1. The van der Waals surface area contributed by atoms with Gasteiger partial charge in [-0.05, 0) is 36.8 Å². The van der Waals surface area contributed by atoms with Crippen molar-refractivity contribution in [3.63, 3.8) is 0 Å². The summed E-state index contributed by atoms with van der Waals surface area (Å²) in [5, 5.41) is 6.69. The molecule has 1 aliphatic heterocycles. The van der Waals surface area contributed by atoms with Crippen LogP contribution in [0.15, 0.2) is 30.3 Å². The molecular formula is C14H13F2N3O. The summed E-state index contributed by atoms with van der Waals surface area (Å²) < 4.78 is 26.0. The first-order valence-corrected chi connectivity index (χ1v) is 6.38. The van der Waals surface area contributed by atoms with E-state index in [-0.39, 0.29) is 18.3 Å². The standard InChI is InChI=1S/C14H13F2N3O/c15-10-3-1-9(2-4-10)12-7-13(18-17-12)14(20)19-6-5-11(16)8-19/h1-4,7,11H,5-6,8H2,(H,17,18). The Morgan fingerprint density at radius 3 is 2.75 bits per heavy atom. The summed E-state index contributed by atoms with van der Waals surface area (Å²) in [4.78, 5) is 13.6. The smallest absolute Gasteiger partial charge is 0.271 e. The molecule has 1 fully saturated rings. The molecule has 2 heterocycles. The van der Waals surface area contributed by atoms with Crippen LogP contribution >= 0.6 is 0 Å². The van der Waals surface area contributed by atoms with Gasteiger partial charge in [-0.15, -0.1) is 0 Å². The van der Waals surface area contributed by atoms with E-state index in [2.05, 4.69) is 10.2 Å². The van der Waals surface area contributed by atoms with Crippen LogP contribution in [0.1, 0.15) is 16.9 Å². The summed E-state index contributed by atoms with van der Waals surface area (Å²) in [6.07, 6.45) is -0.566. The molecule has 0 aliphatic carbocycles. The van der Waals surface area contributed by atoms with E-state index < -0.39 is 6.17 Å². The van der Waals surface area contributed by atoms with Crippen LogP contribution in [0.2, 0.25) is 0 Å². The third kappa shape index (κ3) is 2.41. The number of alkyl halides is 1. The molecule has 0 radical (unpaired) electrons. The first kappa shape index (κ1) is 12.8. The summed E-state index contributed by atoms with van der Waals surface area (Å²) in [6, 6.07) is 7.45. The lowest BCUT2D eigenvalue weighted by atomic mass is 10.1. The van der Waals surface area contributed by atoms with Crippen LogP contribution in [0.5, 0.6) is 0 Å². The zero-order valence-electron chi connectivity index (χ0n) is 10.6. The average molecular weight is 277 g/mol. The molecule has 1 aromatic carbocycles. The van der Waals surface area contributed by atoms with Gasteiger partial charge in [0.1, 0.15) is 17.7 Å². The molecule has 1 aromatic heterocycles. The molecule has 1 amide bonds. The maximum absolute atomic E-state index is 13.1. The van der Waals surface area contributed by atoms with Gasteiger partial charge < -0.3 is 4.90 Å². The Bertz CT molecular complexity index is 624. The Morgan fingerprint density at radius 2 is 2.10 bits per heavy atom. The number of hydrogen-bond acceptors (Lipinski definition) is 2. The van der Waals surface area contributed by atoms with Crippen LogP contribution in [-0.4, -0.2) is 40.3 Å². The van der Waals surface area contributed by atoms with Gasteiger partial charge in [0, 0.05) is 12.1 Å². The fourth-order valence-corrected chi connectivity index (χ4v) is 2.27. The van der Waals surface area contributed by atoms with Gasteiger partial charge in [-0.3, -0.25) is 9.89 Å².